The van der Waals surface area contributed by atoms with Crippen LogP contribution in [0.3, 0.4) is 0 Å². The Morgan fingerprint density at radius 2 is 1.72 bits per heavy atom. The van der Waals surface area contributed by atoms with Gasteiger partial charge in [0.05, 0.1) is 12.3 Å². The Balaban J connectivity index is 1.94. The standard InChI is InChI=1S/C18H21N3O4/c1-3-24-16-7-9-17(10-8-16)25-12-20-18(23)21(13(2)22)15-6-4-5-14(19)11-15/h4-11H,3,12,19H2,1-2H3,(H,20,23). The second-order valence-electron chi connectivity index (χ2n) is 5.12. The number of ether oxygens (including phenoxy) is 2. The maximum absolute atomic E-state index is 12.3. The molecule has 0 atom stereocenters. The first kappa shape index (κ1) is 18.1. The third-order valence-corrected chi connectivity index (χ3v) is 3.24. The fourth-order valence-corrected chi connectivity index (χ4v) is 2.16. The van der Waals surface area contributed by atoms with Crippen molar-refractivity contribution in [3.05, 3.63) is 48.5 Å². The molecule has 0 radical (unpaired) electrons. The van der Waals surface area contributed by atoms with Crippen LogP contribution in [-0.2, 0) is 4.79 Å². The van der Waals surface area contributed by atoms with Gasteiger partial charge in [0.15, 0.2) is 6.73 Å². The summed E-state index contributed by atoms with van der Waals surface area (Å²) in [6.07, 6.45) is 0. The zero-order valence-electron chi connectivity index (χ0n) is 14.2. The maximum atomic E-state index is 12.3. The van der Waals surface area contributed by atoms with Gasteiger partial charge >= 0.3 is 6.03 Å². The molecule has 2 aromatic rings. The van der Waals surface area contributed by atoms with E-state index in [1.165, 1.54) is 6.92 Å². The lowest BCUT2D eigenvalue weighted by Crippen LogP contribution is -2.44. The molecule has 0 bridgehead atoms. The lowest BCUT2D eigenvalue weighted by molar-refractivity contribution is -0.115. The van der Waals surface area contributed by atoms with E-state index in [9.17, 15) is 9.59 Å². The van der Waals surface area contributed by atoms with Crippen LogP contribution >= 0.6 is 0 Å². The van der Waals surface area contributed by atoms with Crippen LogP contribution in [-0.4, -0.2) is 25.3 Å². The molecule has 0 aromatic heterocycles. The highest BCUT2D eigenvalue weighted by atomic mass is 16.5. The number of anilines is 2. The average molecular weight is 343 g/mol. The first-order chi connectivity index (χ1) is 12.0. The molecule has 0 unspecified atom stereocenters. The largest absolute Gasteiger partial charge is 0.494 e. The number of carbonyl (C=O) groups is 2. The van der Waals surface area contributed by atoms with Crippen molar-refractivity contribution in [3.63, 3.8) is 0 Å². The van der Waals surface area contributed by atoms with E-state index in [1.54, 1.807) is 48.5 Å². The average Bonchev–Trinajstić information content (AvgIpc) is 2.56. The van der Waals surface area contributed by atoms with Crippen LogP contribution in [0.1, 0.15) is 13.8 Å². The molecule has 2 aromatic carbocycles. The Labute approximate surface area is 146 Å². The molecule has 25 heavy (non-hydrogen) atoms. The summed E-state index contributed by atoms with van der Waals surface area (Å²) in [4.78, 5) is 25.1. The molecule has 3 N–H and O–H groups in total. The molecule has 2 rings (SSSR count). The second-order valence-corrected chi connectivity index (χ2v) is 5.12. The number of nitrogens with zero attached hydrogens (tertiary/aromatic N) is 1. The monoisotopic (exact) mass is 343 g/mol. The molecule has 0 aliphatic heterocycles. The van der Waals surface area contributed by atoms with E-state index in [-0.39, 0.29) is 6.73 Å². The lowest BCUT2D eigenvalue weighted by Gasteiger charge is -2.20. The van der Waals surface area contributed by atoms with E-state index in [2.05, 4.69) is 5.32 Å². The summed E-state index contributed by atoms with van der Waals surface area (Å²) in [5.74, 6) is 0.884. The minimum absolute atomic E-state index is 0.0844. The van der Waals surface area contributed by atoms with Crippen molar-refractivity contribution in [2.24, 2.45) is 0 Å². The normalized spacial score (nSPS) is 10.0. The summed E-state index contributed by atoms with van der Waals surface area (Å²) in [7, 11) is 0. The highest BCUT2D eigenvalue weighted by Crippen LogP contribution is 2.19. The number of nitrogens with one attached hydrogen (secondary N) is 1. The van der Waals surface area contributed by atoms with Gasteiger partial charge in [0.1, 0.15) is 11.5 Å². The fraction of sp³-hybridized carbons (Fsp3) is 0.222. The van der Waals surface area contributed by atoms with E-state index < -0.39 is 11.9 Å². The summed E-state index contributed by atoms with van der Waals surface area (Å²) in [6.45, 7) is 3.71. The number of carbonyl (C=O) groups excluding carboxylic acids is 2. The Kier molecular flexibility index (Phi) is 6.22. The zero-order chi connectivity index (χ0) is 18.2. The molecular weight excluding hydrogens is 322 g/mol. The number of amides is 3. The molecule has 132 valence electrons. The molecule has 3 amide bonds. The number of imide groups is 1. The van der Waals surface area contributed by atoms with Gasteiger partial charge in [-0.05, 0) is 49.4 Å². The number of rotatable bonds is 6. The SMILES string of the molecule is CCOc1ccc(OCNC(=O)N(C(C)=O)c2cccc(N)c2)cc1. The number of nitrogens with two attached hydrogens (primary N) is 1. The molecule has 0 spiro atoms. The maximum Gasteiger partial charge on any atom is 0.331 e. The van der Waals surface area contributed by atoms with Crippen molar-refractivity contribution < 1.29 is 19.1 Å². The van der Waals surface area contributed by atoms with Gasteiger partial charge in [-0.1, -0.05) is 6.07 Å². The second kappa shape index (κ2) is 8.58. The Morgan fingerprint density at radius 3 is 2.28 bits per heavy atom. The van der Waals surface area contributed by atoms with E-state index in [0.717, 1.165) is 10.6 Å². The molecule has 0 heterocycles. The Bertz CT molecular complexity index is 731. The smallest absolute Gasteiger partial charge is 0.331 e. The van der Waals surface area contributed by atoms with Gasteiger partial charge in [-0.15, -0.1) is 0 Å². The predicted octanol–water partition coefficient (Wildman–Crippen LogP) is 2.77. The van der Waals surface area contributed by atoms with Gasteiger partial charge in [-0.3, -0.25) is 4.79 Å². The van der Waals surface area contributed by atoms with E-state index >= 15 is 0 Å². The van der Waals surface area contributed by atoms with Crippen LogP contribution in [0.15, 0.2) is 48.5 Å². The molecule has 7 heteroatoms. The number of benzene rings is 2. The molecular formula is C18H21N3O4. The first-order valence-electron chi connectivity index (χ1n) is 7.81. The molecule has 7 nitrogen and oxygen atoms in total. The van der Waals surface area contributed by atoms with Gasteiger partial charge in [0, 0.05) is 12.6 Å². The summed E-state index contributed by atoms with van der Waals surface area (Å²) in [5.41, 5.74) is 6.56. The Hall–Kier alpha value is -3.22. The van der Waals surface area contributed by atoms with Crippen LogP contribution < -0.4 is 25.4 Å². The number of nitrogen functional groups attached to an aromatic ring is 1. The van der Waals surface area contributed by atoms with Gasteiger partial charge < -0.3 is 20.5 Å². The summed E-state index contributed by atoms with van der Waals surface area (Å²) < 4.78 is 10.8. The van der Waals surface area contributed by atoms with Crippen LogP contribution in [0.25, 0.3) is 0 Å². The summed E-state index contributed by atoms with van der Waals surface area (Å²) >= 11 is 0. The predicted molar refractivity (Wildman–Crippen MR) is 95.7 cm³/mol. The van der Waals surface area contributed by atoms with Crippen LogP contribution in [0.4, 0.5) is 16.2 Å². The van der Waals surface area contributed by atoms with Crippen molar-refractivity contribution >= 4 is 23.3 Å². The molecule has 0 aliphatic rings. The van der Waals surface area contributed by atoms with Gasteiger partial charge in [0.25, 0.3) is 0 Å². The van der Waals surface area contributed by atoms with Gasteiger partial charge in [0.2, 0.25) is 5.91 Å². The van der Waals surface area contributed by atoms with Crippen LogP contribution in [0.2, 0.25) is 0 Å². The lowest BCUT2D eigenvalue weighted by atomic mass is 10.2. The van der Waals surface area contributed by atoms with Crippen molar-refractivity contribution in [1.82, 2.24) is 5.32 Å². The third-order valence-electron chi connectivity index (χ3n) is 3.24. The highest BCUT2D eigenvalue weighted by molar-refractivity contribution is 6.13. The molecule has 0 fully saturated rings. The molecule has 0 saturated heterocycles. The van der Waals surface area contributed by atoms with Gasteiger partial charge in [-0.2, -0.15) is 0 Å². The van der Waals surface area contributed by atoms with Crippen molar-refractivity contribution in [2.75, 3.05) is 24.0 Å². The van der Waals surface area contributed by atoms with E-state index in [4.69, 9.17) is 15.2 Å². The fourth-order valence-electron chi connectivity index (χ4n) is 2.16. The van der Waals surface area contributed by atoms with E-state index in [0.29, 0.717) is 23.7 Å². The zero-order valence-corrected chi connectivity index (χ0v) is 14.2. The van der Waals surface area contributed by atoms with Gasteiger partial charge in [-0.25, -0.2) is 9.69 Å². The molecule has 0 saturated carbocycles. The van der Waals surface area contributed by atoms with Crippen molar-refractivity contribution in [1.29, 1.82) is 0 Å². The topological polar surface area (TPSA) is 93.9 Å². The van der Waals surface area contributed by atoms with Crippen molar-refractivity contribution in [2.45, 2.75) is 13.8 Å². The minimum Gasteiger partial charge on any atom is -0.494 e. The molecule has 0 aliphatic carbocycles. The first-order valence-corrected chi connectivity index (χ1v) is 7.81. The number of hydrogen-bond donors (Lipinski definition) is 2. The Morgan fingerprint density at radius 1 is 1.08 bits per heavy atom. The summed E-state index contributed by atoms with van der Waals surface area (Å²) in [6, 6.07) is 12.9. The number of urea groups is 1. The highest BCUT2D eigenvalue weighted by Gasteiger charge is 2.20. The number of hydrogen-bond acceptors (Lipinski definition) is 5. The minimum atomic E-state index is -0.593. The van der Waals surface area contributed by atoms with Crippen LogP contribution in [0, 0.1) is 0 Å². The van der Waals surface area contributed by atoms with Crippen molar-refractivity contribution in [3.8, 4) is 11.5 Å². The summed E-state index contributed by atoms with van der Waals surface area (Å²) in [5, 5.41) is 2.54. The quantitative estimate of drug-likeness (QED) is 0.621. The van der Waals surface area contributed by atoms with Crippen LogP contribution in [0.5, 0.6) is 11.5 Å². The van der Waals surface area contributed by atoms with E-state index in [1.807, 2.05) is 6.92 Å². The third kappa shape index (κ3) is 5.13.